The first-order chi connectivity index (χ1) is 6.00. The molecular weight excluding hydrogens is 160 g/mol. The SMILES string of the molecule is C=CC1CC(C)(C)OC(C)=C1CC. The molecule has 0 radical (unpaired) electrons. The van der Waals surface area contributed by atoms with Gasteiger partial charge in [-0.15, -0.1) is 6.58 Å². The van der Waals surface area contributed by atoms with E-state index in [-0.39, 0.29) is 5.60 Å². The Balaban J connectivity index is 2.96. The van der Waals surface area contributed by atoms with E-state index in [4.69, 9.17) is 4.74 Å². The molecule has 74 valence electrons. The van der Waals surface area contributed by atoms with E-state index in [0.29, 0.717) is 5.92 Å². The lowest BCUT2D eigenvalue weighted by Crippen LogP contribution is -2.32. The van der Waals surface area contributed by atoms with Gasteiger partial charge in [0.1, 0.15) is 5.60 Å². The summed E-state index contributed by atoms with van der Waals surface area (Å²) in [5, 5.41) is 0. The molecule has 1 atom stereocenters. The Labute approximate surface area is 81.5 Å². The van der Waals surface area contributed by atoms with Crippen LogP contribution in [0.4, 0.5) is 0 Å². The summed E-state index contributed by atoms with van der Waals surface area (Å²) in [5.41, 5.74) is 1.39. The van der Waals surface area contributed by atoms with Crippen LogP contribution in [-0.2, 0) is 4.74 Å². The molecule has 1 heterocycles. The second-order valence-corrected chi connectivity index (χ2v) is 4.34. The van der Waals surface area contributed by atoms with Gasteiger partial charge in [-0.2, -0.15) is 0 Å². The van der Waals surface area contributed by atoms with E-state index in [1.807, 2.05) is 6.08 Å². The van der Waals surface area contributed by atoms with Gasteiger partial charge < -0.3 is 4.74 Å². The molecule has 0 bridgehead atoms. The van der Waals surface area contributed by atoms with Crippen LogP contribution in [0.2, 0.25) is 0 Å². The zero-order valence-electron chi connectivity index (χ0n) is 9.18. The number of hydrogen-bond donors (Lipinski definition) is 0. The molecule has 0 aromatic heterocycles. The van der Waals surface area contributed by atoms with Gasteiger partial charge in [0.15, 0.2) is 0 Å². The lowest BCUT2D eigenvalue weighted by molar-refractivity contribution is 0.00310. The molecule has 0 saturated heterocycles. The fourth-order valence-corrected chi connectivity index (χ4v) is 2.17. The maximum Gasteiger partial charge on any atom is 0.104 e. The third-order valence-electron chi connectivity index (χ3n) is 2.71. The van der Waals surface area contributed by atoms with Crippen LogP contribution in [0.5, 0.6) is 0 Å². The summed E-state index contributed by atoms with van der Waals surface area (Å²) in [5.74, 6) is 1.61. The van der Waals surface area contributed by atoms with Gasteiger partial charge in [-0.1, -0.05) is 13.0 Å². The second-order valence-electron chi connectivity index (χ2n) is 4.34. The van der Waals surface area contributed by atoms with Crippen molar-refractivity contribution in [2.45, 2.75) is 46.1 Å². The van der Waals surface area contributed by atoms with Crippen LogP contribution in [-0.4, -0.2) is 5.60 Å². The largest absolute Gasteiger partial charge is 0.493 e. The molecule has 1 aliphatic heterocycles. The number of rotatable bonds is 2. The molecule has 13 heavy (non-hydrogen) atoms. The van der Waals surface area contributed by atoms with Crippen LogP contribution in [0.25, 0.3) is 0 Å². The van der Waals surface area contributed by atoms with E-state index >= 15 is 0 Å². The summed E-state index contributed by atoms with van der Waals surface area (Å²) < 4.78 is 5.84. The Bertz CT molecular complexity index is 236. The molecule has 0 aromatic rings. The quantitative estimate of drug-likeness (QED) is 0.589. The first kappa shape index (κ1) is 10.4. The standard InChI is InChI=1S/C12H20O/c1-6-10-8-12(4,5)13-9(3)11(10)7-2/h6,10H,1,7-8H2,2-5H3. The highest BCUT2D eigenvalue weighted by Gasteiger charge is 2.31. The molecule has 0 spiro atoms. The predicted molar refractivity (Wildman–Crippen MR) is 56.5 cm³/mol. The van der Waals surface area contributed by atoms with E-state index in [1.54, 1.807) is 0 Å². The normalized spacial score (nSPS) is 26.9. The first-order valence-electron chi connectivity index (χ1n) is 5.01. The highest BCUT2D eigenvalue weighted by molar-refractivity contribution is 5.19. The Hall–Kier alpha value is -0.720. The van der Waals surface area contributed by atoms with Crippen LogP contribution in [0.15, 0.2) is 24.0 Å². The summed E-state index contributed by atoms with van der Waals surface area (Å²) in [7, 11) is 0. The van der Waals surface area contributed by atoms with Crippen molar-refractivity contribution in [1.29, 1.82) is 0 Å². The molecule has 0 aliphatic carbocycles. The van der Waals surface area contributed by atoms with Gasteiger partial charge in [0.05, 0.1) is 5.76 Å². The molecule has 0 N–H and O–H groups in total. The summed E-state index contributed by atoms with van der Waals surface area (Å²) in [6.45, 7) is 12.4. The van der Waals surface area contributed by atoms with Crippen molar-refractivity contribution in [1.82, 2.24) is 0 Å². The van der Waals surface area contributed by atoms with Crippen LogP contribution in [0.1, 0.15) is 40.5 Å². The highest BCUT2D eigenvalue weighted by Crippen LogP contribution is 2.37. The molecule has 0 aromatic carbocycles. The van der Waals surface area contributed by atoms with Gasteiger partial charge in [-0.25, -0.2) is 0 Å². The zero-order chi connectivity index (χ0) is 10.1. The third kappa shape index (κ3) is 2.15. The van der Waals surface area contributed by atoms with Crippen molar-refractivity contribution in [2.24, 2.45) is 5.92 Å². The van der Waals surface area contributed by atoms with Gasteiger partial charge in [0.2, 0.25) is 0 Å². The number of ether oxygens (including phenoxy) is 1. The van der Waals surface area contributed by atoms with Crippen molar-refractivity contribution in [3.05, 3.63) is 24.0 Å². The molecular formula is C12H20O. The summed E-state index contributed by atoms with van der Waals surface area (Å²) >= 11 is 0. The molecule has 0 fully saturated rings. The number of allylic oxidation sites excluding steroid dienone is 3. The fourth-order valence-electron chi connectivity index (χ4n) is 2.17. The van der Waals surface area contributed by atoms with E-state index < -0.39 is 0 Å². The van der Waals surface area contributed by atoms with Crippen LogP contribution < -0.4 is 0 Å². The summed E-state index contributed by atoms with van der Waals surface area (Å²) in [6.07, 6.45) is 4.17. The van der Waals surface area contributed by atoms with E-state index in [9.17, 15) is 0 Å². The molecule has 1 nitrogen and oxygen atoms in total. The van der Waals surface area contributed by atoms with Crippen molar-refractivity contribution in [3.8, 4) is 0 Å². The van der Waals surface area contributed by atoms with Gasteiger partial charge in [0.25, 0.3) is 0 Å². The minimum Gasteiger partial charge on any atom is -0.493 e. The highest BCUT2D eigenvalue weighted by atomic mass is 16.5. The lowest BCUT2D eigenvalue weighted by atomic mass is 9.83. The first-order valence-corrected chi connectivity index (χ1v) is 5.01. The Kier molecular flexibility index (Phi) is 2.84. The second kappa shape index (κ2) is 3.57. The Morgan fingerprint density at radius 2 is 2.23 bits per heavy atom. The average Bonchev–Trinajstić information content (AvgIpc) is 2.01. The smallest absolute Gasteiger partial charge is 0.104 e. The lowest BCUT2D eigenvalue weighted by Gasteiger charge is -2.37. The molecule has 1 aliphatic rings. The Morgan fingerprint density at radius 3 is 2.69 bits per heavy atom. The van der Waals surface area contributed by atoms with Crippen LogP contribution >= 0.6 is 0 Å². The monoisotopic (exact) mass is 180 g/mol. The maximum absolute atomic E-state index is 5.84. The van der Waals surface area contributed by atoms with Crippen molar-refractivity contribution in [2.75, 3.05) is 0 Å². The van der Waals surface area contributed by atoms with Gasteiger partial charge in [0, 0.05) is 5.92 Å². The predicted octanol–water partition coefficient (Wildman–Crippen LogP) is 3.67. The van der Waals surface area contributed by atoms with Crippen LogP contribution in [0.3, 0.4) is 0 Å². The summed E-state index contributed by atoms with van der Waals surface area (Å²) in [4.78, 5) is 0. The van der Waals surface area contributed by atoms with E-state index in [0.717, 1.165) is 18.6 Å². The molecule has 0 saturated carbocycles. The van der Waals surface area contributed by atoms with Gasteiger partial charge in [-0.05, 0) is 39.2 Å². The fraction of sp³-hybridized carbons (Fsp3) is 0.667. The van der Waals surface area contributed by atoms with Crippen molar-refractivity contribution < 1.29 is 4.74 Å². The summed E-state index contributed by atoms with van der Waals surface area (Å²) in [6, 6.07) is 0. The van der Waals surface area contributed by atoms with Crippen LogP contribution in [0, 0.1) is 5.92 Å². The van der Waals surface area contributed by atoms with Crippen molar-refractivity contribution in [3.63, 3.8) is 0 Å². The van der Waals surface area contributed by atoms with Gasteiger partial charge >= 0.3 is 0 Å². The minimum atomic E-state index is -0.0262. The van der Waals surface area contributed by atoms with Crippen molar-refractivity contribution >= 4 is 0 Å². The zero-order valence-corrected chi connectivity index (χ0v) is 9.18. The topological polar surface area (TPSA) is 9.23 Å². The molecule has 1 rings (SSSR count). The minimum absolute atomic E-state index is 0.0262. The van der Waals surface area contributed by atoms with E-state index in [1.165, 1.54) is 5.57 Å². The maximum atomic E-state index is 5.84. The Morgan fingerprint density at radius 1 is 1.62 bits per heavy atom. The molecule has 1 heteroatoms. The van der Waals surface area contributed by atoms with Gasteiger partial charge in [-0.3, -0.25) is 0 Å². The van der Waals surface area contributed by atoms with E-state index in [2.05, 4.69) is 34.3 Å². The molecule has 1 unspecified atom stereocenters. The third-order valence-corrected chi connectivity index (χ3v) is 2.71. The number of hydrogen-bond acceptors (Lipinski definition) is 1. The average molecular weight is 180 g/mol. The molecule has 0 amide bonds.